The highest BCUT2D eigenvalue weighted by molar-refractivity contribution is 4.98. The second-order valence-electron chi connectivity index (χ2n) is 4.91. The molecule has 0 aliphatic carbocycles. The second kappa shape index (κ2) is 5.14. The second-order valence-corrected chi connectivity index (χ2v) is 4.91. The Morgan fingerprint density at radius 2 is 2.12 bits per heavy atom. The summed E-state index contributed by atoms with van der Waals surface area (Å²) in [6, 6.07) is 0.584. The zero-order chi connectivity index (χ0) is 11.5. The third-order valence-corrected chi connectivity index (χ3v) is 3.71. The first-order valence-corrected chi connectivity index (χ1v) is 6.65. The molecule has 3 rings (SSSR count). The fourth-order valence-corrected chi connectivity index (χ4v) is 2.64. The highest BCUT2D eigenvalue weighted by atomic mass is 16.5. The number of hydrogen-bond acceptors (Lipinski definition) is 4. The monoisotopic (exact) mass is 236 g/mol. The van der Waals surface area contributed by atoms with Gasteiger partial charge in [0.05, 0.1) is 6.54 Å². The minimum atomic E-state index is 0.584. The molecule has 17 heavy (non-hydrogen) atoms. The summed E-state index contributed by atoms with van der Waals surface area (Å²) in [5, 5.41) is 12.1. The predicted octanol–water partition coefficient (Wildman–Crippen LogP) is 0.883. The molecular formula is C12H20N4O. The summed E-state index contributed by atoms with van der Waals surface area (Å²) in [5.41, 5.74) is 0. The first-order chi connectivity index (χ1) is 8.43. The Morgan fingerprint density at radius 3 is 3.00 bits per heavy atom. The Bertz CT molecular complexity index is 371. The number of fused-ring (bicyclic) bond motifs is 1. The molecule has 0 saturated carbocycles. The highest BCUT2D eigenvalue weighted by Crippen LogP contribution is 2.14. The molecule has 1 aromatic heterocycles. The minimum Gasteiger partial charge on any atom is -0.381 e. The largest absolute Gasteiger partial charge is 0.381 e. The van der Waals surface area contributed by atoms with E-state index in [0.29, 0.717) is 6.04 Å². The quantitative estimate of drug-likeness (QED) is 0.846. The lowest BCUT2D eigenvalue weighted by Crippen LogP contribution is -2.35. The molecule has 94 valence electrons. The summed E-state index contributed by atoms with van der Waals surface area (Å²) < 4.78 is 7.64. The van der Waals surface area contributed by atoms with Gasteiger partial charge in [0.2, 0.25) is 0 Å². The van der Waals surface area contributed by atoms with Crippen molar-refractivity contribution in [2.75, 3.05) is 13.2 Å². The van der Waals surface area contributed by atoms with Crippen molar-refractivity contribution in [3.8, 4) is 0 Å². The highest BCUT2D eigenvalue weighted by Gasteiger charge is 2.17. The van der Waals surface area contributed by atoms with Crippen molar-refractivity contribution in [2.45, 2.75) is 51.2 Å². The number of hydrogen-bond donors (Lipinski definition) is 1. The average molecular weight is 236 g/mol. The van der Waals surface area contributed by atoms with E-state index in [1.807, 2.05) is 0 Å². The van der Waals surface area contributed by atoms with E-state index in [4.69, 9.17) is 4.74 Å². The summed E-state index contributed by atoms with van der Waals surface area (Å²) in [6.07, 6.45) is 5.83. The lowest BCUT2D eigenvalue weighted by Gasteiger charge is -2.23. The van der Waals surface area contributed by atoms with Crippen LogP contribution in [0.25, 0.3) is 0 Å². The lowest BCUT2D eigenvalue weighted by atomic mass is 10.1. The van der Waals surface area contributed by atoms with Crippen LogP contribution in [0.3, 0.4) is 0 Å². The van der Waals surface area contributed by atoms with Crippen molar-refractivity contribution in [3.05, 3.63) is 11.6 Å². The summed E-state index contributed by atoms with van der Waals surface area (Å²) in [5.74, 6) is 2.27. The van der Waals surface area contributed by atoms with Crippen LogP contribution in [0.4, 0.5) is 0 Å². The van der Waals surface area contributed by atoms with Crippen LogP contribution in [0, 0.1) is 0 Å². The van der Waals surface area contributed by atoms with Crippen molar-refractivity contribution in [1.82, 2.24) is 20.1 Å². The number of aromatic nitrogens is 3. The molecular weight excluding hydrogens is 216 g/mol. The molecule has 5 heteroatoms. The molecule has 0 radical (unpaired) electrons. The Hall–Kier alpha value is -0.940. The molecule has 2 aliphatic rings. The Labute approximate surface area is 102 Å². The average Bonchev–Trinajstić information content (AvgIpc) is 2.81. The van der Waals surface area contributed by atoms with Gasteiger partial charge >= 0.3 is 0 Å². The topological polar surface area (TPSA) is 52.0 Å². The molecule has 1 saturated heterocycles. The van der Waals surface area contributed by atoms with Crippen LogP contribution in [0.5, 0.6) is 0 Å². The Morgan fingerprint density at radius 1 is 1.24 bits per heavy atom. The normalized spacial score (nSPS) is 21.4. The zero-order valence-electron chi connectivity index (χ0n) is 10.2. The van der Waals surface area contributed by atoms with Crippen molar-refractivity contribution in [1.29, 1.82) is 0 Å². The molecule has 2 aliphatic heterocycles. The van der Waals surface area contributed by atoms with Gasteiger partial charge < -0.3 is 14.6 Å². The molecule has 3 heterocycles. The van der Waals surface area contributed by atoms with E-state index in [0.717, 1.165) is 51.4 Å². The Kier molecular flexibility index (Phi) is 3.38. The molecule has 0 aromatic carbocycles. The number of rotatable bonds is 3. The maximum absolute atomic E-state index is 5.35. The summed E-state index contributed by atoms with van der Waals surface area (Å²) in [6.45, 7) is 3.70. The molecule has 1 N–H and O–H groups in total. The lowest BCUT2D eigenvalue weighted by molar-refractivity contribution is 0.0773. The van der Waals surface area contributed by atoms with Gasteiger partial charge in [-0.15, -0.1) is 10.2 Å². The van der Waals surface area contributed by atoms with Crippen molar-refractivity contribution < 1.29 is 4.74 Å². The van der Waals surface area contributed by atoms with E-state index in [-0.39, 0.29) is 0 Å². The van der Waals surface area contributed by atoms with Crippen LogP contribution < -0.4 is 5.32 Å². The van der Waals surface area contributed by atoms with Crippen LogP contribution in [0.15, 0.2) is 0 Å². The first-order valence-electron chi connectivity index (χ1n) is 6.65. The van der Waals surface area contributed by atoms with Gasteiger partial charge in [0.1, 0.15) is 11.6 Å². The fourth-order valence-electron chi connectivity index (χ4n) is 2.64. The molecule has 1 fully saturated rings. The maximum atomic E-state index is 5.35. The van der Waals surface area contributed by atoms with Crippen LogP contribution >= 0.6 is 0 Å². The fraction of sp³-hybridized carbons (Fsp3) is 0.833. The van der Waals surface area contributed by atoms with Gasteiger partial charge in [0.15, 0.2) is 0 Å². The van der Waals surface area contributed by atoms with Crippen LogP contribution in [-0.4, -0.2) is 34.0 Å². The number of nitrogens with zero attached hydrogens (tertiary/aromatic N) is 3. The van der Waals surface area contributed by atoms with Gasteiger partial charge in [0.25, 0.3) is 0 Å². The van der Waals surface area contributed by atoms with Gasteiger partial charge in [-0.3, -0.25) is 0 Å². The van der Waals surface area contributed by atoms with E-state index in [1.165, 1.54) is 18.7 Å². The zero-order valence-corrected chi connectivity index (χ0v) is 10.2. The van der Waals surface area contributed by atoms with E-state index in [2.05, 4.69) is 20.1 Å². The molecule has 0 unspecified atom stereocenters. The van der Waals surface area contributed by atoms with Crippen molar-refractivity contribution >= 4 is 0 Å². The van der Waals surface area contributed by atoms with E-state index in [1.54, 1.807) is 0 Å². The number of ether oxygens (including phenoxy) is 1. The van der Waals surface area contributed by atoms with Gasteiger partial charge in [-0.2, -0.15) is 0 Å². The van der Waals surface area contributed by atoms with Gasteiger partial charge in [-0.05, 0) is 25.7 Å². The molecule has 0 bridgehead atoms. The SMILES string of the molecule is C1CCn2c(nnc2CNC2CCOCC2)C1. The van der Waals surface area contributed by atoms with Crippen LogP contribution in [0.1, 0.15) is 37.3 Å². The van der Waals surface area contributed by atoms with Gasteiger partial charge in [-0.1, -0.05) is 0 Å². The Balaban J connectivity index is 1.59. The minimum absolute atomic E-state index is 0.584. The van der Waals surface area contributed by atoms with Crippen LogP contribution in [0.2, 0.25) is 0 Å². The van der Waals surface area contributed by atoms with Crippen molar-refractivity contribution in [2.24, 2.45) is 0 Å². The smallest absolute Gasteiger partial charge is 0.147 e. The third kappa shape index (κ3) is 2.50. The maximum Gasteiger partial charge on any atom is 0.147 e. The summed E-state index contributed by atoms with van der Waals surface area (Å²) in [7, 11) is 0. The molecule has 0 atom stereocenters. The van der Waals surface area contributed by atoms with E-state index in [9.17, 15) is 0 Å². The summed E-state index contributed by atoms with van der Waals surface area (Å²) in [4.78, 5) is 0. The summed E-state index contributed by atoms with van der Waals surface area (Å²) >= 11 is 0. The standard InChI is InChI=1S/C12H20N4O/c1-2-6-16-11(3-1)14-15-12(16)9-13-10-4-7-17-8-5-10/h10,13H,1-9H2. The molecule has 5 nitrogen and oxygen atoms in total. The number of aryl methyl sites for hydroxylation is 1. The van der Waals surface area contributed by atoms with Gasteiger partial charge in [-0.25, -0.2) is 0 Å². The predicted molar refractivity (Wildman–Crippen MR) is 63.6 cm³/mol. The van der Waals surface area contributed by atoms with Crippen molar-refractivity contribution in [3.63, 3.8) is 0 Å². The number of nitrogens with one attached hydrogen (secondary N) is 1. The van der Waals surface area contributed by atoms with E-state index >= 15 is 0 Å². The van der Waals surface area contributed by atoms with Gasteiger partial charge in [0, 0.05) is 32.2 Å². The van der Waals surface area contributed by atoms with Crippen LogP contribution in [-0.2, 0) is 24.2 Å². The molecule has 0 amide bonds. The molecule has 1 aromatic rings. The molecule has 0 spiro atoms. The third-order valence-electron chi connectivity index (χ3n) is 3.71. The van der Waals surface area contributed by atoms with E-state index < -0.39 is 0 Å². The first kappa shape index (κ1) is 11.2.